The lowest BCUT2D eigenvalue weighted by Crippen LogP contribution is -2.13. The molecule has 0 aliphatic rings. The van der Waals surface area contributed by atoms with Crippen molar-refractivity contribution in [1.82, 2.24) is 0 Å². The van der Waals surface area contributed by atoms with E-state index in [0.717, 1.165) is 5.69 Å². The molecule has 0 heterocycles. The van der Waals surface area contributed by atoms with Crippen molar-refractivity contribution in [3.8, 4) is 5.75 Å². The standard InChI is InChI=1S/C17H18N2O4/c1-19(2)13-6-4-12(5-7-13)17(23)18-14-9-11(10-16(21)22)3-8-15(14)20/h3-9,20H,10H2,1-2H3,(H,18,23)(H,21,22). The van der Waals surface area contributed by atoms with E-state index in [0.29, 0.717) is 11.1 Å². The second-order valence-corrected chi connectivity index (χ2v) is 5.32. The van der Waals surface area contributed by atoms with Gasteiger partial charge in [-0.3, -0.25) is 9.59 Å². The van der Waals surface area contributed by atoms with Gasteiger partial charge >= 0.3 is 5.97 Å². The van der Waals surface area contributed by atoms with E-state index in [4.69, 9.17) is 5.11 Å². The van der Waals surface area contributed by atoms with Crippen LogP contribution in [0.5, 0.6) is 5.75 Å². The Hall–Kier alpha value is -3.02. The van der Waals surface area contributed by atoms with Crippen LogP contribution in [0.2, 0.25) is 0 Å². The molecule has 120 valence electrons. The van der Waals surface area contributed by atoms with Gasteiger partial charge in [0.05, 0.1) is 12.1 Å². The summed E-state index contributed by atoms with van der Waals surface area (Å²) in [4.78, 5) is 24.9. The predicted molar refractivity (Wildman–Crippen MR) is 88.2 cm³/mol. The number of aromatic hydroxyl groups is 1. The Kier molecular flexibility index (Phi) is 4.85. The molecule has 0 saturated heterocycles. The molecule has 23 heavy (non-hydrogen) atoms. The van der Waals surface area contributed by atoms with Gasteiger partial charge in [-0.15, -0.1) is 0 Å². The van der Waals surface area contributed by atoms with E-state index in [-0.39, 0.29) is 23.8 Å². The number of benzene rings is 2. The number of phenolic OH excluding ortho intramolecular Hbond substituents is 1. The quantitative estimate of drug-likeness (QED) is 0.737. The fraction of sp³-hybridized carbons (Fsp3) is 0.176. The summed E-state index contributed by atoms with van der Waals surface area (Å²) in [5.41, 5.74) is 2.09. The Morgan fingerprint density at radius 1 is 1.09 bits per heavy atom. The smallest absolute Gasteiger partial charge is 0.307 e. The van der Waals surface area contributed by atoms with Gasteiger partial charge in [0.15, 0.2) is 0 Å². The Labute approximate surface area is 134 Å². The summed E-state index contributed by atoms with van der Waals surface area (Å²) in [5.74, 6) is -1.47. The SMILES string of the molecule is CN(C)c1ccc(C(=O)Nc2cc(CC(=O)O)ccc2O)cc1. The number of hydrogen-bond acceptors (Lipinski definition) is 4. The van der Waals surface area contributed by atoms with Crippen molar-refractivity contribution in [2.45, 2.75) is 6.42 Å². The zero-order valence-corrected chi connectivity index (χ0v) is 12.9. The molecule has 2 aromatic rings. The van der Waals surface area contributed by atoms with Crippen LogP contribution in [0.3, 0.4) is 0 Å². The first-order valence-corrected chi connectivity index (χ1v) is 6.99. The maximum atomic E-state index is 12.2. The summed E-state index contributed by atoms with van der Waals surface area (Å²) >= 11 is 0. The van der Waals surface area contributed by atoms with E-state index in [1.54, 1.807) is 12.1 Å². The highest BCUT2D eigenvalue weighted by Gasteiger charge is 2.11. The number of carboxylic acid groups (broad SMARTS) is 1. The third-order valence-corrected chi connectivity index (χ3v) is 3.31. The third kappa shape index (κ3) is 4.23. The van der Waals surface area contributed by atoms with Crippen LogP contribution in [-0.2, 0) is 11.2 Å². The van der Waals surface area contributed by atoms with Crippen molar-refractivity contribution >= 4 is 23.3 Å². The molecule has 0 spiro atoms. The number of phenols is 1. The molecule has 0 radical (unpaired) electrons. The topological polar surface area (TPSA) is 89.9 Å². The van der Waals surface area contributed by atoms with Gasteiger partial charge in [-0.1, -0.05) is 6.07 Å². The van der Waals surface area contributed by atoms with Gasteiger partial charge in [0.2, 0.25) is 0 Å². The van der Waals surface area contributed by atoms with Crippen molar-refractivity contribution in [2.24, 2.45) is 0 Å². The first-order chi connectivity index (χ1) is 10.9. The van der Waals surface area contributed by atoms with Crippen molar-refractivity contribution in [3.05, 3.63) is 53.6 Å². The Balaban J connectivity index is 2.17. The van der Waals surface area contributed by atoms with Crippen LogP contribution in [0.1, 0.15) is 15.9 Å². The van der Waals surface area contributed by atoms with E-state index < -0.39 is 5.97 Å². The van der Waals surface area contributed by atoms with Gasteiger partial charge in [-0.25, -0.2) is 0 Å². The lowest BCUT2D eigenvalue weighted by atomic mass is 10.1. The number of hydrogen-bond donors (Lipinski definition) is 3. The van der Waals surface area contributed by atoms with E-state index in [2.05, 4.69) is 5.32 Å². The molecule has 0 saturated carbocycles. The van der Waals surface area contributed by atoms with Crippen LogP contribution in [0.15, 0.2) is 42.5 Å². The molecule has 0 fully saturated rings. The highest BCUT2D eigenvalue weighted by atomic mass is 16.4. The van der Waals surface area contributed by atoms with Crippen molar-refractivity contribution in [2.75, 3.05) is 24.3 Å². The van der Waals surface area contributed by atoms with E-state index in [9.17, 15) is 14.7 Å². The zero-order chi connectivity index (χ0) is 17.0. The molecule has 3 N–H and O–H groups in total. The van der Waals surface area contributed by atoms with Crippen LogP contribution in [0, 0.1) is 0 Å². The lowest BCUT2D eigenvalue weighted by Gasteiger charge is -2.13. The molecule has 0 aliphatic carbocycles. The van der Waals surface area contributed by atoms with Gasteiger partial charge in [0.25, 0.3) is 5.91 Å². The Morgan fingerprint density at radius 3 is 2.30 bits per heavy atom. The molecule has 2 aromatic carbocycles. The first kappa shape index (κ1) is 16.4. The van der Waals surface area contributed by atoms with Gasteiger partial charge in [0, 0.05) is 25.3 Å². The summed E-state index contributed by atoms with van der Waals surface area (Å²) in [7, 11) is 3.81. The summed E-state index contributed by atoms with van der Waals surface area (Å²) < 4.78 is 0. The van der Waals surface area contributed by atoms with Crippen molar-refractivity contribution < 1.29 is 19.8 Å². The normalized spacial score (nSPS) is 10.2. The highest BCUT2D eigenvalue weighted by Crippen LogP contribution is 2.25. The minimum atomic E-state index is -0.979. The van der Waals surface area contributed by atoms with Crippen molar-refractivity contribution in [1.29, 1.82) is 0 Å². The number of amides is 1. The van der Waals surface area contributed by atoms with Crippen LogP contribution in [0.25, 0.3) is 0 Å². The van der Waals surface area contributed by atoms with Gasteiger partial charge < -0.3 is 20.4 Å². The average molecular weight is 314 g/mol. The number of nitrogens with one attached hydrogen (secondary N) is 1. The molecule has 0 bridgehead atoms. The molecule has 6 heteroatoms. The molecular formula is C17H18N2O4. The second kappa shape index (κ2) is 6.83. The molecule has 0 aliphatic heterocycles. The van der Waals surface area contributed by atoms with Crippen LogP contribution in [-0.4, -0.2) is 36.2 Å². The number of carbonyl (C=O) groups excluding carboxylic acids is 1. The summed E-state index contributed by atoms with van der Waals surface area (Å²) in [6, 6.07) is 11.3. The fourth-order valence-corrected chi connectivity index (χ4v) is 2.07. The minimum absolute atomic E-state index is 0.114. The number of anilines is 2. The van der Waals surface area contributed by atoms with Gasteiger partial charge in [0.1, 0.15) is 5.75 Å². The Morgan fingerprint density at radius 2 is 1.74 bits per heavy atom. The predicted octanol–water partition coefficient (Wildman–Crippen LogP) is 2.34. The highest BCUT2D eigenvalue weighted by molar-refractivity contribution is 6.05. The first-order valence-electron chi connectivity index (χ1n) is 6.99. The third-order valence-electron chi connectivity index (χ3n) is 3.31. The maximum Gasteiger partial charge on any atom is 0.307 e. The number of aliphatic carboxylic acids is 1. The van der Waals surface area contributed by atoms with Crippen LogP contribution in [0.4, 0.5) is 11.4 Å². The minimum Gasteiger partial charge on any atom is -0.506 e. The summed E-state index contributed by atoms with van der Waals surface area (Å²) in [5, 5.41) is 21.2. The maximum absolute atomic E-state index is 12.2. The molecule has 2 rings (SSSR count). The number of carbonyl (C=O) groups is 2. The molecule has 0 aromatic heterocycles. The molecule has 1 amide bonds. The van der Waals surface area contributed by atoms with E-state index in [1.807, 2.05) is 31.1 Å². The molecule has 6 nitrogen and oxygen atoms in total. The molecular weight excluding hydrogens is 296 g/mol. The molecule has 0 unspecified atom stereocenters. The van der Waals surface area contributed by atoms with Crippen LogP contribution >= 0.6 is 0 Å². The van der Waals surface area contributed by atoms with E-state index in [1.165, 1.54) is 18.2 Å². The summed E-state index contributed by atoms with van der Waals surface area (Å²) in [6.45, 7) is 0. The van der Waals surface area contributed by atoms with Crippen LogP contribution < -0.4 is 10.2 Å². The second-order valence-electron chi connectivity index (χ2n) is 5.32. The monoisotopic (exact) mass is 314 g/mol. The van der Waals surface area contributed by atoms with E-state index >= 15 is 0 Å². The number of carboxylic acids is 1. The number of nitrogens with zero attached hydrogens (tertiary/aromatic N) is 1. The van der Waals surface area contributed by atoms with Crippen molar-refractivity contribution in [3.63, 3.8) is 0 Å². The number of rotatable bonds is 5. The average Bonchev–Trinajstić information content (AvgIpc) is 2.50. The van der Waals surface area contributed by atoms with Gasteiger partial charge in [-0.05, 0) is 42.0 Å². The zero-order valence-electron chi connectivity index (χ0n) is 12.9. The Bertz CT molecular complexity index is 724. The summed E-state index contributed by atoms with van der Waals surface area (Å²) in [6.07, 6.45) is -0.180. The largest absolute Gasteiger partial charge is 0.506 e. The fourth-order valence-electron chi connectivity index (χ4n) is 2.07. The lowest BCUT2D eigenvalue weighted by molar-refractivity contribution is -0.136. The van der Waals surface area contributed by atoms with Gasteiger partial charge in [-0.2, -0.15) is 0 Å². The molecule has 0 atom stereocenters.